The van der Waals surface area contributed by atoms with Gasteiger partial charge < -0.3 is 10.2 Å². The van der Waals surface area contributed by atoms with Crippen LogP contribution in [-0.4, -0.2) is 55.3 Å². The normalized spacial score (nSPS) is 13.1. The van der Waals surface area contributed by atoms with Crippen molar-refractivity contribution < 1.29 is 18.6 Å². The van der Waals surface area contributed by atoms with Gasteiger partial charge in [-0.2, -0.15) is 17.4 Å². The third-order valence-electron chi connectivity index (χ3n) is 1.86. The van der Waals surface area contributed by atoms with Crippen LogP contribution in [0, 0.1) is 0 Å². The van der Waals surface area contributed by atoms with Gasteiger partial charge in [-0.25, -0.2) is 0 Å². The maximum absolute atomic E-state index is 11.5. The summed E-state index contributed by atoms with van der Waals surface area (Å²) in [6.07, 6.45) is 0. The Morgan fingerprint density at radius 2 is 1.71 bits per heavy atom. The minimum atomic E-state index is -3.62. The highest BCUT2D eigenvalue weighted by atomic mass is 32.2. The van der Waals surface area contributed by atoms with Gasteiger partial charge in [0.15, 0.2) is 0 Å². The Hall–Kier alpha value is -0.210. The number of aliphatic hydroxyl groups is 2. The van der Waals surface area contributed by atoms with Crippen LogP contribution in [0.1, 0.15) is 13.8 Å². The lowest BCUT2D eigenvalue weighted by Crippen LogP contribution is -2.48. The van der Waals surface area contributed by atoms with Gasteiger partial charge in [0.1, 0.15) is 0 Å². The van der Waals surface area contributed by atoms with Crippen molar-refractivity contribution in [2.24, 2.45) is 0 Å². The van der Waals surface area contributed by atoms with E-state index < -0.39 is 29.5 Å². The van der Waals surface area contributed by atoms with Gasteiger partial charge in [0, 0.05) is 13.1 Å². The molecule has 0 aliphatic rings. The lowest BCUT2D eigenvalue weighted by Gasteiger charge is -2.23. The molecule has 0 aliphatic heterocycles. The van der Waals surface area contributed by atoms with E-state index >= 15 is 0 Å². The van der Waals surface area contributed by atoms with Crippen LogP contribution >= 0.6 is 0 Å². The Bertz CT molecular complexity index is 248. The van der Waals surface area contributed by atoms with Gasteiger partial charge in [0.25, 0.3) is 10.2 Å². The first kappa shape index (κ1) is 13.8. The number of nitrogens with zero attached hydrogens (tertiary/aromatic N) is 1. The molecule has 0 saturated heterocycles. The first-order valence-electron chi connectivity index (χ1n) is 4.32. The van der Waals surface area contributed by atoms with Crippen molar-refractivity contribution in [3.05, 3.63) is 0 Å². The molecule has 0 radical (unpaired) electrons. The molecule has 0 aromatic heterocycles. The number of aliphatic hydroxyl groups excluding tert-OH is 2. The number of hydrogen-bond acceptors (Lipinski definition) is 4. The van der Waals surface area contributed by atoms with Gasteiger partial charge in [-0.3, -0.25) is 0 Å². The van der Waals surface area contributed by atoms with Crippen molar-refractivity contribution in [3.63, 3.8) is 0 Å². The highest BCUT2D eigenvalue weighted by Crippen LogP contribution is 2.01. The lowest BCUT2D eigenvalue weighted by molar-refractivity contribution is 0.183. The largest absolute Gasteiger partial charge is 0.395 e. The second-order valence-electron chi connectivity index (χ2n) is 3.29. The maximum atomic E-state index is 11.5. The summed E-state index contributed by atoms with van der Waals surface area (Å²) in [7, 11) is -2.19. The predicted octanol–water partition coefficient (Wildman–Crippen LogP) is -1.49. The third kappa shape index (κ3) is 3.89. The van der Waals surface area contributed by atoms with Crippen LogP contribution in [0.25, 0.3) is 0 Å². The number of rotatable bonds is 6. The van der Waals surface area contributed by atoms with E-state index in [1.165, 1.54) is 7.05 Å². The molecule has 0 bridgehead atoms. The Labute approximate surface area is 84.7 Å². The van der Waals surface area contributed by atoms with E-state index in [4.69, 9.17) is 10.2 Å². The van der Waals surface area contributed by atoms with Crippen molar-refractivity contribution in [3.8, 4) is 0 Å². The van der Waals surface area contributed by atoms with E-state index in [1.807, 2.05) is 0 Å². The Balaban J connectivity index is 4.48. The highest BCUT2D eigenvalue weighted by Gasteiger charge is 2.23. The first-order valence-corrected chi connectivity index (χ1v) is 5.76. The fraction of sp³-hybridized carbons (Fsp3) is 1.00. The van der Waals surface area contributed by atoms with Crippen LogP contribution in [0.4, 0.5) is 0 Å². The molecule has 0 amide bonds. The summed E-state index contributed by atoms with van der Waals surface area (Å²) in [6.45, 7) is 2.60. The predicted molar refractivity (Wildman–Crippen MR) is 52.9 cm³/mol. The maximum Gasteiger partial charge on any atom is 0.279 e. The zero-order valence-corrected chi connectivity index (χ0v) is 9.45. The molecule has 0 aromatic rings. The van der Waals surface area contributed by atoms with Crippen LogP contribution in [0.2, 0.25) is 0 Å². The average molecular weight is 226 g/mol. The monoisotopic (exact) mass is 226 g/mol. The molecule has 0 atom stereocenters. The summed E-state index contributed by atoms with van der Waals surface area (Å²) in [5.41, 5.74) is 0. The minimum absolute atomic E-state index is 0.175. The highest BCUT2D eigenvalue weighted by molar-refractivity contribution is 7.87. The third-order valence-corrected chi connectivity index (χ3v) is 3.67. The summed E-state index contributed by atoms with van der Waals surface area (Å²) in [4.78, 5) is 0. The van der Waals surface area contributed by atoms with Crippen LogP contribution < -0.4 is 4.72 Å². The Kier molecular flexibility index (Phi) is 5.53. The summed E-state index contributed by atoms with van der Waals surface area (Å²) in [5, 5.41) is 17.4. The van der Waals surface area contributed by atoms with Crippen molar-refractivity contribution in [2.45, 2.75) is 25.9 Å². The molecule has 0 aliphatic carbocycles. The SMILES string of the molecule is CC(C)N(C)S(=O)(=O)NC(CO)CO. The van der Waals surface area contributed by atoms with E-state index in [1.54, 1.807) is 13.8 Å². The van der Waals surface area contributed by atoms with Gasteiger partial charge in [-0.15, -0.1) is 0 Å². The minimum Gasteiger partial charge on any atom is -0.395 e. The zero-order valence-electron chi connectivity index (χ0n) is 8.64. The smallest absolute Gasteiger partial charge is 0.279 e. The van der Waals surface area contributed by atoms with Gasteiger partial charge in [-0.05, 0) is 13.8 Å². The second-order valence-corrected chi connectivity index (χ2v) is 5.06. The Morgan fingerprint density at radius 3 is 2.00 bits per heavy atom. The van der Waals surface area contributed by atoms with Crippen LogP contribution in [-0.2, 0) is 10.2 Å². The molecule has 0 heterocycles. The molecule has 3 N–H and O–H groups in total. The number of hydrogen-bond donors (Lipinski definition) is 3. The van der Waals surface area contributed by atoms with Crippen LogP contribution in [0.15, 0.2) is 0 Å². The standard InChI is InChI=1S/C7H18N2O4S/c1-6(2)9(3)14(12,13)8-7(4-10)5-11/h6-8,10-11H,4-5H2,1-3H3. The van der Waals surface area contributed by atoms with Gasteiger partial charge in [0.2, 0.25) is 0 Å². The fourth-order valence-corrected chi connectivity index (χ4v) is 2.00. The fourth-order valence-electron chi connectivity index (χ4n) is 0.704. The summed E-state index contributed by atoms with van der Waals surface area (Å²) in [5.74, 6) is 0. The molecule has 0 spiro atoms. The van der Waals surface area contributed by atoms with E-state index in [-0.39, 0.29) is 6.04 Å². The van der Waals surface area contributed by atoms with Gasteiger partial charge >= 0.3 is 0 Å². The first-order chi connectivity index (χ1) is 6.35. The summed E-state index contributed by atoms with van der Waals surface area (Å²) in [6, 6.07) is -1.02. The molecule has 0 unspecified atom stereocenters. The van der Waals surface area contributed by atoms with Gasteiger partial charge in [0.05, 0.1) is 19.3 Å². The van der Waals surface area contributed by atoms with Gasteiger partial charge in [-0.1, -0.05) is 0 Å². The lowest BCUT2D eigenvalue weighted by atomic mass is 10.4. The van der Waals surface area contributed by atoms with Crippen molar-refractivity contribution in [1.29, 1.82) is 0 Å². The molecule has 0 fully saturated rings. The molecule has 0 rings (SSSR count). The summed E-state index contributed by atoms with van der Waals surface area (Å²) >= 11 is 0. The Morgan fingerprint density at radius 1 is 1.29 bits per heavy atom. The molecule has 6 nitrogen and oxygen atoms in total. The molecule has 14 heavy (non-hydrogen) atoms. The second kappa shape index (κ2) is 5.62. The summed E-state index contributed by atoms with van der Waals surface area (Å²) < 4.78 is 26.3. The molecular formula is C7H18N2O4S. The zero-order chi connectivity index (χ0) is 11.4. The molecule has 86 valence electrons. The molecule has 7 heteroatoms. The molecular weight excluding hydrogens is 208 g/mol. The average Bonchev–Trinajstić information content (AvgIpc) is 2.12. The topological polar surface area (TPSA) is 89.9 Å². The van der Waals surface area contributed by atoms with Crippen LogP contribution in [0.5, 0.6) is 0 Å². The van der Waals surface area contributed by atoms with E-state index in [0.717, 1.165) is 4.31 Å². The quantitative estimate of drug-likeness (QED) is 0.515. The van der Waals surface area contributed by atoms with Crippen molar-refractivity contribution >= 4 is 10.2 Å². The molecule has 0 saturated carbocycles. The van der Waals surface area contributed by atoms with Crippen molar-refractivity contribution in [2.75, 3.05) is 20.3 Å². The number of nitrogens with one attached hydrogen (secondary N) is 1. The van der Waals surface area contributed by atoms with E-state index in [0.29, 0.717) is 0 Å². The van der Waals surface area contributed by atoms with Crippen LogP contribution in [0.3, 0.4) is 0 Å². The van der Waals surface area contributed by atoms with Crippen molar-refractivity contribution in [1.82, 2.24) is 9.03 Å². The molecule has 0 aromatic carbocycles. The van der Waals surface area contributed by atoms with E-state index in [2.05, 4.69) is 4.72 Å². The van der Waals surface area contributed by atoms with E-state index in [9.17, 15) is 8.42 Å².